The number of hydrogen-bond acceptors (Lipinski definition) is 4. The lowest BCUT2D eigenvalue weighted by atomic mass is 10.1. The lowest BCUT2D eigenvalue weighted by Gasteiger charge is -2.17. The molecule has 1 amide bonds. The fourth-order valence-corrected chi connectivity index (χ4v) is 2.10. The van der Waals surface area contributed by atoms with Crippen molar-refractivity contribution in [2.75, 3.05) is 6.26 Å². The minimum absolute atomic E-state index is 0.387. The number of carboxylic acids is 1. The number of carboxylic acid groups (broad SMARTS) is 1. The normalized spacial score (nSPS) is 13.6. The van der Waals surface area contributed by atoms with Gasteiger partial charge in [-0.2, -0.15) is 11.8 Å². The first kappa shape index (κ1) is 15.5. The molecule has 0 radical (unpaired) electrons. The van der Waals surface area contributed by atoms with Gasteiger partial charge in [0.25, 0.3) is 5.91 Å². The molecule has 0 bridgehead atoms. The summed E-state index contributed by atoms with van der Waals surface area (Å²) in [4.78, 5) is 22.8. The van der Waals surface area contributed by atoms with Gasteiger partial charge in [0.15, 0.2) is 6.04 Å². The Balaban J connectivity index is 2.82. The third-order valence-corrected chi connectivity index (χ3v) is 3.16. The summed E-state index contributed by atoms with van der Waals surface area (Å²) in [7, 11) is 0. The van der Waals surface area contributed by atoms with Gasteiger partial charge in [0.05, 0.1) is 6.10 Å². The topological polar surface area (TPSA) is 86.6 Å². The predicted octanol–water partition coefficient (Wildman–Crippen LogP) is 1.11. The van der Waals surface area contributed by atoms with Crippen molar-refractivity contribution < 1.29 is 19.8 Å². The van der Waals surface area contributed by atoms with Crippen molar-refractivity contribution in [3.8, 4) is 0 Å². The van der Waals surface area contributed by atoms with Gasteiger partial charge >= 0.3 is 5.97 Å². The van der Waals surface area contributed by atoms with E-state index in [-0.39, 0.29) is 0 Å². The average molecular weight is 283 g/mol. The van der Waals surface area contributed by atoms with Gasteiger partial charge in [-0.1, -0.05) is 12.1 Å². The van der Waals surface area contributed by atoms with Crippen LogP contribution in [0.1, 0.15) is 22.8 Å². The number of aliphatic hydroxyl groups is 1. The zero-order chi connectivity index (χ0) is 14.4. The monoisotopic (exact) mass is 283 g/mol. The van der Waals surface area contributed by atoms with E-state index in [1.807, 2.05) is 12.3 Å². The zero-order valence-corrected chi connectivity index (χ0v) is 11.6. The molecule has 3 N–H and O–H groups in total. The van der Waals surface area contributed by atoms with Gasteiger partial charge in [-0.05, 0) is 30.9 Å². The number of amides is 1. The molecule has 1 rings (SSSR count). The fraction of sp³-hybridized carbons (Fsp3) is 0.385. The van der Waals surface area contributed by atoms with E-state index in [0.717, 1.165) is 11.3 Å². The molecule has 0 aliphatic heterocycles. The minimum atomic E-state index is -1.31. The number of nitrogens with one attached hydrogen (secondary N) is 1. The van der Waals surface area contributed by atoms with Crippen molar-refractivity contribution in [1.29, 1.82) is 0 Å². The van der Waals surface area contributed by atoms with Gasteiger partial charge in [0, 0.05) is 11.3 Å². The first-order chi connectivity index (χ1) is 8.95. The van der Waals surface area contributed by atoms with E-state index in [9.17, 15) is 14.7 Å². The average Bonchev–Trinajstić information content (AvgIpc) is 2.35. The first-order valence-electron chi connectivity index (χ1n) is 5.75. The van der Waals surface area contributed by atoms with E-state index in [4.69, 9.17) is 5.11 Å². The summed E-state index contributed by atoms with van der Waals surface area (Å²) in [6, 6.07) is 5.67. The van der Waals surface area contributed by atoms with E-state index in [2.05, 4.69) is 5.32 Å². The Hall–Kier alpha value is -1.53. The van der Waals surface area contributed by atoms with Gasteiger partial charge in [-0.25, -0.2) is 4.79 Å². The van der Waals surface area contributed by atoms with Crippen LogP contribution in [0, 0.1) is 0 Å². The van der Waals surface area contributed by atoms with Crippen molar-refractivity contribution in [2.45, 2.75) is 24.8 Å². The predicted molar refractivity (Wildman–Crippen MR) is 74.2 cm³/mol. The summed E-state index contributed by atoms with van der Waals surface area (Å²) in [5, 5.41) is 20.5. The fourth-order valence-electron chi connectivity index (χ4n) is 1.58. The van der Waals surface area contributed by atoms with Gasteiger partial charge in [-0.3, -0.25) is 4.79 Å². The van der Waals surface area contributed by atoms with Gasteiger partial charge < -0.3 is 15.5 Å². The van der Waals surface area contributed by atoms with Crippen LogP contribution >= 0.6 is 11.8 Å². The summed E-state index contributed by atoms with van der Waals surface area (Å²) in [6.45, 7) is 1.32. The van der Waals surface area contributed by atoms with Crippen LogP contribution in [0.5, 0.6) is 0 Å². The van der Waals surface area contributed by atoms with Gasteiger partial charge in [0.1, 0.15) is 0 Å². The van der Waals surface area contributed by atoms with Crippen LogP contribution in [0.4, 0.5) is 0 Å². The standard InChI is InChI=1S/C13H17NO4S/c1-8(15)11(13(17)18)14-12(16)10-5-3-4-9(6-10)7-19-2/h3-6,8,11,15H,7H2,1-2H3,(H,14,16)(H,17,18). The highest BCUT2D eigenvalue weighted by atomic mass is 32.2. The Kier molecular flexibility index (Phi) is 5.85. The molecular formula is C13H17NO4S. The number of hydrogen-bond donors (Lipinski definition) is 3. The molecule has 0 aliphatic carbocycles. The number of carbonyl (C=O) groups excluding carboxylic acids is 1. The second kappa shape index (κ2) is 7.16. The number of thioether (sulfide) groups is 1. The van der Waals surface area contributed by atoms with Crippen LogP contribution in [0.25, 0.3) is 0 Å². The van der Waals surface area contributed by atoms with Crippen LogP contribution in [-0.2, 0) is 10.5 Å². The number of rotatable bonds is 6. The molecule has 6 heteroatoms. The number of benzene rings is 1. The summed E-state index contributed by atoms with van der Waals surface area (Å²) in [5.74, 6) is -0.986. The maximum atomic E-state index is 11.9. The van der Waals surface area contributed by atoms with Crippen molar-refractivity contribution >= 4 is 23.6 Å². The van der Waals surface area contributed by atoms with E-state index >= 15 is 0 Å². The first-order valence-corrected chi connectivity index (χ1v) is 7.14. The van der Waals surface area contributed by atoms with E-state index in [1.165, 1.54) is 6.92 Å². The Morgan fingerprint density at radius 2 is 2.11 bits per heavy atom. The van der Waals surface area contributed by atoms with Crippen molar-refractivity contribution in [3.63, 3.8) is 0 Å². The minimum Gasteiger partial charge on any atom is -0.480 e. The van der Waals surface area contributed by atoms with Crippen molar-refractivity contribution in [1.82, 2.24) is 5.32 Å². The number of carbonyl (C=O) groups is 2. The summed E-state index contributed by atoms with van der Waals surface area (Å²) >= 11 is 1.63. The lowest BCUT2D eigenvalue weighted by Crippen LogP contribution is -2.47. The van der Waals surface area contributed by atoms with E-state index in [1.54, 1.807) is 30.0 Å². The van der Waals surface area contributed by atoms with Crippen LogP contribution in [-0.4, -0.2) is 40.5 Å². The summed E-state index contributed by atoms with van der Waals surface area (Å²) in [6.07, 6.45) is 0.802. The zero-order valence-electron chi connectivity index (χ0n) is 10.8. The molecule has 0 heterocycles. The Morgan fingerprint density at radius 1 is 1.42 bits per heavy atom. The van der Waals surface area contributed by atoms with Gasteiger partial charge in [0.2, 0.25) is 0 Å². The molecule has 2 unspecified atom stereocenters. The molecule has 0 fully saturated rings. The molecule has 0 spiro atoms. The molecule has 1 aromatic rings. The third kappa shape index (κ3) is 4.57. The molecule has 1 aromatic carbocycles. The maximum absolute atomic E-state index is 11.9. The number of aliphatic hydroxyl groups excluding tert-OH is 1. The molecule has 2 atom stereocenters. The summed E-state index contributed by atoms with van der Waals surface area (Å²) < 4.78 is 0. The highest BCUT2D eigenvalue weighted by molar-refractivity contribution is 7.97. The van der Waals surface area contributed by atoms with Gasteiger partial charge in [-0.15, -0.1) is 0 Å². The molecule has 0 aromatic heterocycles. The van der Waals surface area contributed by atoms with E-state index in [0.29, 0.717) is 5.56 Å². The second-order valence-electron chi connectivity index (χ2n) is 4.16. The Morgan fingerprint density at radius 3 is 2.63 bits per heavy atom. The molecule has 19 heavy (non-hydrogen) atoms. The lowest BCUT2D eigenvalue weighted by molar-refractivity contribution is -0.141. The molecular weight excluding hydrogens is 266 g/mol. The second-order valence-corrected chi connectivity index (χ2v) is 5.03. The SMILES string of the molecule is CSCc1cccc(C(=O)NC(C(=O)O)C(C)O)c1. The molecule has 0 aliphatic rings. The highest BCUT2D eigenvalue weighted by Gasteiger charge is 2.25. The smallest absolute Gasteiger partial charge is 0.328 e. The van der Waals surface area contributed by atoms with Crippen LogP contribution in [0.3, 0.4) is 0 Å². The molecule has 0 saturated carbocycles. The van der Waals surface area contributed by atoms with Crippen LogP contribution < -0.4 is 5.32 Å². The molecule has 5 nitrogen and oxygen atoms in total. The number of aliphatic carboxylic acids is 1. The maximum Gasteiger partial charge on any atom is 0.328 e. The molecule has 104 valence electrons. The van der Waals surface area contributed by atoms with Crippen molar-refractivity contribution in [2.24, 2.45) is 0 Å². The van der Waals surface area contributed by atoms with Crippen molar-refractivity contribution in [3.05, 3.63) is 35.4 Å². The highest BCUT2D eigenvalue weighted by Crippen LogP contribution is 2.11. The Bertz CT molecular complexity index is 462. The molecule has 0 saturated heterocycles. The largest absolute Gasteiger partial charge is 0.480 e. The van der Waals surface area contributed by atoms with Crippen LogP contribution in [0.15, 0.2) is 24.3 Å². The third-order valence-electron chi connectivity index (χ3n) is 2.54. The van der Waals surface area contributed by atoms with E-state index < -0.39 is 24.0 Å². The summed E-state index contributed by atoms with van der Waals surface area (Å²) in [5.41, 5.74) is 1.38. The van der Waals surface area contributed by atoms with Crippen LogP contribution in [0.2, 0.25) is 0 Å². The Labute approximate surface area is 116 Å². The quantitative estimate of drug-likeness (QED) is 0.728.